The van der Waals surface area contributed by atoms with Gasteiger partial charge in [0.25, 0.3) is 0 Å². The van der Waals surface area contributed by atoms with Gasteiger partial charge in [0, 0.05) is 17.6 Å². The van der Waals surface area contributed by atoms with Crippen LogP contribution in [0.3, 0.4) is 0 Å². The van der Waals surface area contributed by atoms with Crippen molar-refractivity contribution in [2.24, 2.45) is 5.41 Å². The summed E-state index contributed by atoms with van der Waals surface area (Å²) in [7, 11) is 0. The Balaban J connectivity index is 1.83. The number of carbonyl (C=O) groups is 1. The van der Waals surface area contributed by atoms with Crippen molar-refractivity contribution in [1.82, 2.24) is 0 Å². The maximum atomic E-state index is 11.3. The molecule has 2 fully saturated rings. The van der Waals surface area contributed by atoms with Gasteiger partial charge in [-0.3, -0.25) is 0 Å². The van der Waals surface area contributed by atoms with Gasteiger partial charge < -0.3 is 9.47 Å². The van der Waals surface area contributed by atoms with Gasteiger partial charge in [0.05, 0.1) is 6.10 Å². The van der Waals surface area contributed by atoms with Crippen LogP contribution in [0.1, 0.15) is 39.5 Å². The molecule has 2 aliphatic rings. The monoisotopic (exact) mass is 224 g/mol. The number of carbonyl (C=O) groups excluding carboxylic acids is 1. The smallest absolute Gasteiger partial charge is 0.333 e. The molecule has 0 radical (unpaired) electrons. The molecule has 3 nitrogen and oxygen atoms in total. The van der Waals surface area contributed by atoms with E-state index in [2.05, 4.69) is 13.5 Å². The third-order valence-corrected chi connectivity index (χ3v) is 3.98. The van der Waals surface area contributed by atoms with Crippen LogP contribution in [0.2, 0.25) is 0 Å². The lowest BCUT2D eigenvalue weighted by molar-refractivity contribution is -0.200. The number of esters is 1. The fourth-order valence-electron chi connectivity index (χ4n) is 2.68. The molecule has 0 N–H and O–H groups in total. The van der Waals surface area contributed by atoms with Gasteiger partial charge in [-0.2, -0.15) is 0 Å². The molecule has 1 saturated carbocycles. The van der Waals surface area contributed by atoms with Crippen LogP contribution in [0, 0.1) is 5.41 Å². The maximum absolute atomic E-state index is 11.3. The van der Waals surface area contributed by atoms with Crippen molar-refractivity contribution in [3.63, 3.8) is 0 Å². The molecule has 1 heterocycles. The van der Waals surface area contributed by atoms with E-state index in [0.29, 0.717) is 11.7 Å². The van der Waals surface area contributed by atoms with Crippen molar-refractivity contribution < 1.29 is 14.3 Å². The van der Waals surface area contributed by atoms with Gasteiger partial charge >= 0.3 is 5.97 Å². The first kappa shape index (κ1) is 11.6. The fraction of sp³-hybridized carbons (Fsp3) is 0.769. The first-order chi connectivity index (χ1) is 7.57. The normalized spacial score (nSPS) is 37.1. The van der Waals surface area contributed by atoms with Crippen molar-refractivity contribution in [2.45, 2.75) is 51.7 Å². The summed E-state index contributed by atoms with van der Waals surface area (Å²) < 4.78 is 10.9. The molecule has 3 heteroatoms. The molecule has 1 aliphatic heterocycles. The van der Waals surface area contributed by atoms with Crippen LogP contribution in [-0.2, 0) is 14.3 Å². The summed E-state index contributed by atoms with van der Waals surface area (Å²) in [5.74, 6) is -0.260. The minimum Gasteiger partial charge on any atom is -0.459 e. The minimum atomic E-state index is -0.260. The summed E-state index contributed by atoms with van der Waals surface area (Å²) in [6.07, 6.45) is 4.65. The summed E-state index contributed by atoms with van der Waals surface area (Å²) in [5.41, 5.74) is 0.757. The van der Waals surface area contributed by atoms with E-state index >= 15 is 0 Å². The van der Waals surface area contributed by atoms with Gasteiger partial charge in [-0.25, -0.2) is 4.79 Å². The molecule has 0 amide bonds. The van der Waals surface area contributed by atoms with Crippen LogP contribution in [-0.4, -0.2) is 24.8 Å². The van der Waals surface area contributed by atoms with E-state index in [1.165, 1.54) is 0 Å². The quantitative estimate of drug-likeness (QED) is 0.543. The van der Waals surface area contributed by atoms with Gasteiger partial charge in [-0.15, -0.1) is 0 Å². The maximum Gasteiger partial charge on any atom is 0.333 e. The van der Waals surface area contributed by atoms with E-state index in [1.54, 1.807) is 6.92 Å². The van der Waals surface area contributed by atoms with Gasteiger partial charge in [0.2, 0.25) is 0 Å². The standard InChI is InChI=1S/C13H20O3/c1-4-13(11-5-6-15-11)7-10(8-13)16-12(14)9(2)3/h10-11H,2,4-8H2,1,3H3. The lowest BCUT2D eigenvalue weighted by atomic mass is 9.60. The van der Waals surface area contributed by atoms with Crippen LogP contribution in [0.25, 0.3) is 0 Å². The molecule has 0 aromatic heterocycles. The van der Waals surface area contributed by atoms with E-state index in [-0.39, 0.29) is 17.5 Å². The van der Waals surface area contributed by atoms with Gasteiger partial charge in [0.1, 0.15) is 6.10 Å². The van der Waals surface area contributed by atoms with Crippen molar-refractivity contribution in [1.29, 1.82) is 0 Å². The Hall–Kier alpha value is -0.830. The summed E-state index contributed by atoms with van der Waals surface area (Å²) in [6, 6.07) is 0. The Morgan fingerprint density at radius 2 is 2.19 bits per heavy atom. The highest BCUT2D eigenvalue weighted by Crippen LogP contribution is 2.52. The van der Waals surface area contributed by atoms with Gasteiger partial charge in [-0.05, 0) is 32.6 Å². The Morgan fingerprint density at radius 3 is 2.56 bits per heavy atom. The summed E-state index contributed by atoms with van der Waals surface area (Å²) >= 11 is 0. The molecule has 90 valence electrons. The summed E-state index contributed by atoms with van der Waals surface area (Å²) in [5, 5.41) is 0. The first-order valence-corrected chi connectivity index (χ1v) is 6.05. The van der Waals surface area contributed by atoms with Crippen molar-refractivity contribution >= 4 is 5.97 Å². The second-order valence-corrected chi connectivity index (χ2v) is 5.08. The second kappa shape index (κ2) is 4.21. The Labute approximate surface area is 96.8 Å². The zero-order valence-corrected chi connectivity index (χ0v) is 10.1. The highest BCUT2D eigenvalue weighted by Gasteiger charge is 2.52. The minimum absolute atomic E-state index is 0.0772. The van der Waals surface area contributed by atoms with E-state index in [1.807, 2.05) is 0 Å². The SMILES string of the molecule is C=C(C)C(=O)OC1CC(CC)(C2CCO2)C1. The Morgan fingerprint density at radius 1 is 1.56 bits per heavy atom. The number of hydrogen-bond acceptors (Lipinski definition) is 3. The van der Waals surface area contributed by atoms with Crippen LogP contribution >= 0.6 is 0 Å². The first-order valence-electron chi connectivity index (χ1n) is 6.05. The lowest BCUT2D eigenvalue weighted by Crippen LogP contribution is -2.54. The molecule has 0 bridgehead atoms. The van der Waals surface area contributed by atoms with Crippen LogP contribution in [0.4, 0.5) is 0 Å². The van der Waals surface area contributed by atoms with E-state index in [4.69, 9.17) is 9.47 Å². The molecule has 2 rings (SSSR count). The van der Waals surface area contributed by atoms with Crippen LogP contribution < -0.4 is 0 Å². The molecule has 1 unspecified atom stereocenters. The van der Waals surface area contributed by atoms with Crippen molar-refractivity contribution in [3.8, 4) is 0 Å². The number of hydrogen-bond donors (Lipinski definition) is 0. The topological polar surface area (TPSA) is 35.5 Å². The highest BCUT2D eigenvalue weighted by molar-refractivity contribution is 5.87. The predicted octanol–water partition coefficient (Wildman–Crippen LogP) is 2.45. The fourth-order valence-corrected chi connectivity index (χ4v) is 2.68. The molecule has 1 saturated heterocycles. The average molecular weight is 224 g/mol. The van der Waals surface area contributed by atoms with Crippen molar-refractivity contribution in [3.05, 3.63) is 12.2 Å². The van der Waals surface area contributed by atoms with Crippen LogP contribution in [0.5, 0.6) is 0 Å². The second-order valence-electron chi connectivity index (χ2n) is 5.08. The molecule has 1 aliphatic carbocycles. The predicted molar refractivity (Wildman–Crippen MR) is 61.0 cm³/mol. The van der Waals surface area contributed by atoms with Gasteiger partial charge in [-0.1, -0.05) is 13.5 Å². The summed E-state index contributed by atoms with van der Waals surface area (Å²) in [6.45, 7) is 8.35. The highest BCUT2D eigenvalue weighted by atomic mass is 16.5. The molecule has 0 spiro atoms. The average Bonchev–Trinajstić information content (AvgIpc) is 2.10. The molecular weight excluding hydrogens is 204 g/mol. The Kier molecular flexibility index (Phi) is 3.06. The molecule has 16 heavy (non-hydrogen) atoms. The summed E-state index contributed by atoms with van der Waals surface area (Å²) in [4.78, 5) is 11.3. The van der Waals surface area contributed by atoms with Gasteiger partial charge in [0.15, 0.2) is 0 Å². The molecule has 0 aromatic rings. The molecular formula is C13H20O3. The lowest BCUT2D eigenvalue weighted by Gasteiger charge is -2.53. The molecule has 1 atom stereocenters. The Bertz CT molecular complexity index is 298. The third-order valence-electron chi connectivity index (χ3n) is 3.98. The number of rotatable bonds is 4. The van der Waals surface area contributed by atoms with E-state index in [0.717, 1.165) is 32.3 Å². The molecule has 0 aromatic carbocycles. The zero-order chi connectivity index (χ0) is 11.8. The van der Waals surface area contributed by atoms with E-state index in [9.17, 15) is 4.79 Å². The van der Waals surface area contributed by atoms with Crippen LogP contribution in [0.15, 0.2) is 12.2 Å². The van der Waals surface area contributed by atoms with Crippen molar-refractivity contribution in [2.75, 3.05) is 6.61 Å². The largest absolute Gasteiger partial charge is 0.459 e. The number of ether oxygens (including phenoxy) is 2. The zero-order valence-electron chi connectivity index (χ0n) is 10.1. The third kappa shape index (κ3) is 1.88. The van der Waals surface area contributed by atoms with E-state index < -0.39 is 0 Å².